The molecule has 8 heteroatoms. The number of carbonyl (C=O) groups excluding carboxylic acids is 1. The van der Waals surface area contributed by atoms with Crippen molar-refractivity contribution in [3.8, 4) is 11.3 Å². The summed E-state index contributed by atoms with van der Waals surface area (Å²) in [6.45, 7) is 2.84. The topological polar surface area (TPSA) is 76.6 Å². The third-order valence-electron chi connectivity index (χ3n) is 6.01. The van der Waals surface area contributed by atoms with Crippen LogP contribution in [0, 0.1) is 0 Å². The van der Waals surface area contributed by atoms with E-state index in [1.54, 1.807) is 7.05 Å². The van der Waals surface area contributed by atoms with Crippen molar-refractivity contribution < 1.29 is 4.79 Å². The second-order valence-corrected chi connectivity index (χ2v) is 8.38. The largest absolute Gasteiger partial charge is 0.356 e. The molecule has 4 rings (SSSR count). The summed E-state index contributed by atoms with van der Waals surface area (Å²) in [7, 11) is 3.75. The minimum atomic E-state index is 0. The number of hydrogen-bond donors (Lipinski definition) is 2. The summed E-state index contributed by atoms with van der Waals surface area (Å²) in [5, 5.41) is 3.37. The molecule has 2 aromatic carbocycles. The van der Waals surface area contributed by atoms with Crippen molar-refractivity contribution in [1.82, 2.24) is 25.1 Å². The number of benzene rings is 2. The van der Waals surface area contributed by atoms with E-state index in [4.69, 9.17) is 0 Å². The van der Waals surface area contributed by atoms with Gasteiger partial charge in [0.1, 0.15) is 5.82 Å². The van der Waals surface area contributed by atoms with E-state index in [0.717, 1.165) is 49.0 Å². The second-order valence-electron chi connectivity index (χ2n) is 8.38. The highest BCUT2D eigenvalue weighted by molar-refractivity contribution is 14.0. The van der Waals surface area contributed by atoms with Crippen molar-refractivity contribution in [2.45, 2.75) is 32.4 Å². The smallest absolute Gasteiger partial charge is 0.222 e. The van der Waals surface area contributed by atoms with Crippen LogP contribution >= 0.6 is 24.0 Å². The fourth-order valence-electron chi connectivity index (χ4n) is 4.20. The van der Waals surface area contributed by atoms with Crippen LogP contribution in [0.15, 0.2) is 65.8 Å². The van der Waals surface area contributed by atoms with Crippen molar-refractivity contribution in [2.75, 3.05) is 27.2 Å². The van der Waals surface area contributed by atoms with E-state index in [9.17, 15) is 4.79 Å². The number of nitrogens with zero attached hydrogens (tertiary/aromatic N) is 4. The maximum absolute atomic E-state index is 12.7. The van der Waals surface area contributed by atoms with Gasteiger partial charge < -0.3 is 20.1 Å². The van der Waals surface area contributed by atoms with Crippen LogP contribution in [-0.4, -0.2) is 58.8 Å². The van der Waals surface area contributed by atoms with Gasteiger partial charge in [0.15, 0.2) is 5.96 Å². The number of H-pyrrole nitrogens is 1. The number of aromatic nitrogens is 2. The van der Waals surface area contributed by atoms with Crippen LogP contribution in [0.3, 0.4) is 0 Å². The average molecular weight is 572 g/mol. The monoisotopic (exact) mass is 572 g/mol. The fraction of sp³-hybridized carbons (Fsp3) is 0.346. The molecule has 0 radical (unpaired) electrons. The summed E-state index contributed by atoms with van der Waals surface area (Å²) in [6, 6.07) is 18.6. The lowest BCUT2D eigenvalue weighted by molar-refractivity contribution is -0.132. The molecule has 0 atom stereocenters. The zero-order valence-corrected chi connectivity index (χ0v) is 22.2. The number of carbonyl (C=O) groups is 1. The van der Waals surface area contributed by atoms with Gasteiger partial charge in [-0.05, 0) is 29.5 Å². The highest BCUT2D eigenvalue weighted by Crippen LogP contribution is 2.19. The molecule has 1 aliphatic rings. The van der Waals surface area contributed by atoms with Gasteiger partial charge in [-0.1, -0.05) is 54.6 Å². The van der Waals surface area contributed by atoms with Gasteiger partial charge in [0.25, 0.3) is 0 Å². The molecule has 0 bridgehead atoms. The lowest BCUT2D eigenvalue weighted by Crippen LogP contribution is -2.40. The Balaban J connectivity index is 0.00000324. The van der Waals surface area contributed by atoms with Crippen LogP contribution in [0.4, 0.5) is 0 Å². The second kappa shape index (κ2) is 12.5. The van der Waals surface area contributed by atoms with Crippen LogP contribution in [0.5, 0.6) is 0 Å². The Bertz CT molecular complexity index is 1100. The molecule has 34 heavy (non-hydrogen) atoms. The highest BCUT2D eigenvalue weighted by Gasteiger charge is 2.20. The zero-order chi connectivity index (χ0) is 23.0. The van der Waals surface area contributed by atoms with Gasteiger partial charge in [0.2, 0.25) is 5.91 Å². The summed E-state index contributed by atoms with van der Waals surface area (Å²) in [5.41, 5.74) is 4.75. The normalized spacial score (nSPS) is 13.1. The Hall–Kier alpha value is -2.88. The van der Waals surface area contributed by atoms with Gasteiger partial charge in [0, 0.05) is 40.2 Å². The molecule has 1 aliphatic heterocycles. The predicted molar refractivity (Wildman–Crippen MR) is 147 cm³/mol. The minimum Gasteiger partial charge on any atom is -0.356 e. The first-order valence-corrected chi connectivity index (χ1v) is 11.5. The standard InChI is InChI=1S/C26H32N6O.HI/c1-27-26(31(2)19-24-29-17-23(30-24)21-10-4-3-5-11-21)28-15-8-13-25(33)32-16-14-20-9-6-7-12-22(20)18-32;/h3-7,9-12,17H,8,13-16,18-19H2,1-2H3,(H,27,28)(H,29,30);1H. The number of rotatable bonds is 7. The summed E-state index contributed by atoms with van der Waals surface area (Å²) >= 11 is 0. The van der Waals surface area contributed by atoms with Crippen molar-refractivity contribution in [2.24, 2.45) is 4.99 Å². The third-order valence-corrected chi connectivity index (χ3v) is 6.01. The molecule has 0 unspecified atom stereocenters. The maximum atomic E-state index is 12.7. The van der Waals surface area contributed by atoms with Crippen LogP contribution in [0.25, 0.3) is 11.3 Å². The van der Waals surface area contributed by atoms with E-state index in [0.29, 0.717) is 19.5 Å². The molecule has 1 aromatic heterocycles. The molecular weight excluding hydrogens is 539 g/mol. The molecule has 0 saturated carbocycles. The molecule has 2 N–H and O–H groups in total. The number of fused-ring (bicyclic) bond motifs is 1. The van der Waals surface area contributed by atoms with E-state index in [2.05, 4.69) is 50.6 Å². The minimum absolute atomic E-state index is 0. The molecule has 7 nitrogen and oxygen atoms in total. The Morgan fingerprint density at radius 3 is 2.65 bits per heavy atom. The third kappa shape index (κ3) is 6.59. The van der Waals surface area contributed by atoms with Crippen molar-refractivity contribution >= 4 is 35.8 Å². The Labute approximate surface area is 218 Å². The first kappa shape index (κ1) is 25.7. The average Bonchev–Trinajstić information content (AvgIpc) is 3.32. The number of aliphatic imine (C=N–C) groups is 1. The number of guanidine groups is 1. The summed E-state index contributed by atoms with van der Waals surface area (Å²) in [4.78, 5) is 28.9. The molecule has 180 valence electrons. The molecule has 0 fully saturated rings. The molecular formula is C26H33IN6O. The Kier molecular flexibility index (Phi) is 9.50. The van der Waals surface area contributed by atoms with Gasteiger partial charge in [-0.15, -0.1) is 24.0 Å². The van der Waals surface area contributed by atoms with E-state index < -0.39 is 0 Å². The number of imidazole rings is 1. The van der Waals surface area contributed by atoms with Crippen LogP contribution < -0.4 is 5.32 Å². The van der Waals surface area contributed by atoms with Crippen LogP contribution in [-0.2, 0) is 24.3 Å². The van der Waals surface area contributed by atoms with Crippen molar-refractivity contribution in [3.63, 3.8) is 0 Å². The van der Waals surface area contributed by atoms with E-state index >= 15 is 0 Å². The maximum Gasteiger partial charge on any atom is 0.222 e. The van der Waals surface area contributed by atoms with E-state index in [1.807, 2.05) is 47.3 Å². The van der Waals surface area contributed by atoms with Gasteiger partial charge in [0.05, 0.1) is 18.4 Å². The van der Waals surface area contributed by atoms with Gasteiger partial charge in [-0.25, -0.2) is 4.98 Å². The predicted octanol–water partition coefficient (Wildman–Crippen LogP) is 4.07. The highest BCUT2D eigenvalue weighted by atomic mass is 127. The molecule has 3 aromatic rings. The quantitative estimate of drug-likeness (QED) is 0.194. The summed E-state index contributed by atoms with van der Waals surface area (Å²) in [6.07, 6.45) is 4.10. The van der Waals surface area contributed by atoms with Gasteiger partial charge in [-0.3, -0.25) is 9.79 Å². The first-order valence-electron chi connectivity index (χ1n) is 11.5. The Morgan fingerprint density at radius 2 is 1.88 bits per heavy atom. The number of nitrogens with one attached hydrogen (secondary N) is 2. The summed E-state index contributed by atoms with van der Waals surface area (Å²) in [5.74, 6) is 1.88. The van der Waals surface area contributed by atoms with Crippen LogP contribution in [0.1, 0.15) is 29.8 Å². The zero-order valence-electron chi connectivity index (χ0n) is 19.8. The lowest BCUT2D eigenvalue weighted by Gasteiger charge is -2.29. The summed E-state index contributed by atoms with van der Waals surface area (Å²) < 4.78 is 0. The number of halogens is 1. The number of amides is 1. The lowest BCUT2D eigenvalue weighted by atomic mass is 9.99. The molecule has 0 spiro atoms. The number of hydrogen-bond acceptors (Lipinski definition) is 3. The van der Waals surface area contributed by atoms with Crippen molar-refractivity contribution in [1.29, 1.82) is 0 Å². The molecule has 0 aliphatic carbocycles. The van der Waals surface area contributed by atoms with E-state index in [-0.39, 0.29) is 29.9 Å². The molecule has 0 saturated heterocycles. The first-order chi connectivity index (χ1) is 16.1. The molecule has 1 amide bonds. The number of aromatic amines is 1. The van der Waals surface area contributed by atoms with Gasteiger partial charge >= 0.3 is 0 Å². The van der Waals surface area contributed by atoms with Gasteiger partial charge in [-0.2, -0.15) is 0 Å². The fourth-order valence-corrected chi connectivity index (χ4v) is 4.20. The van der Waals surface area contributed by atoms with E-state index in [1.165, 1.54) is 11.1 Å². The molecule has 2 heterocycles. The van der Waals surface area contributed by atoms with Crippen molar-refractivity contribution in [3.05, 3.63) is 77.7 Å². The van der Waals surface area contributed by atoms with Crippen LogP contribution in [0.2, 0.25) is 0 Å². The SMILES string of the molecule is CN=C(NCCCC(=O)N1CCc2ccccc2C1)N(C)Cc1ncc(-c2ccccc2)[nH]1.I. The Morgan fingerprint density at radius 1 is 1.15 bits per heavy atom.